The minimum atomic E-state index is 0.0798. The molecule has 2 aromatic carbocycles. The standard InChI is InChI=1S/C18H16ClN3O/c1-21-16-9-5-3-7-14(16)20-18(21)12-10-17(23)22(11-12)15-8-4-2-6-13(15)19/h2-9,12H,10-11H2,1H3/t12-/m0/s1. The van der Waals surface area contributed by atoms with Crippen LogP contribution in [0.3, 0.4) is 0 Å². The Kier molecular flexibility index (Phi) is 3.34. The van der Waals surface area contributed by atoms with Gasteiger partial charge in [0, 0.05) is 25.9 Å². The number of halogens is 1. The van der Waals surface area contributed by atoms with Crippen LogP contribution in [0.5, 0.6) is 0 Å². The monoisotopic (exact) mass is 325 g/mol. The highest BCUT2D eigenvalue weighted by Gasteiger charge is 2.35. The highest BCUT2D eigenvalue weighted by Crippen LogP contribution is 2.35. The van der Waals surface area contributed by atoms with E-state index >= 15 is 0 Å². The van der Waals surface area contributed by atoms with E-state index in [1.165, 1.54) is 0 Å². The molecule has 1 atom stereocenters. The van der Waals surface area contributed by atoms with Crippen molar-refractivity contribution in [1.29, 1.82) is 0 Å². The number of carbonyl (C=O) groups is 1. The molecule has 4 nitrogen and oxygen atoms in total. The Morgan fingerprint density at radius 2 is 1.87 bits per heavy atom. The Hall–Kier alpha value is -2.33. The van der Waals surface area contributed by atoms with Gasteiger partial charge in [-0.05, 0) is 24.3 Å². The van der Waals surface area contributed by atoms with E-state index in [4.69, 9.17) is 16.6 Å². The first-order chi connectivity index (χ1) is 11.1. The number of nitrogens with zero attached hydrogens (tertiary/aromatic N) is 3. The van der Waals surface area contributed by atoms with E-state index in [-0.39, 0.29) is 11.8 Å². The van der Waals surface area contributed by atoms with Crippen LogP contribution in [-0.2, 0) is 11.8 Å². The van der Waals surface area contributed by atoms with Crippen molar-refractivity contribution >= 4 is 34.2 Å². The Morgan fingerprint density at radius 3 is 2.65 bits per heavy atom. The summed E-state index contributed by atoms with van der Waals surface area (Å²) in [4.78, 5) is 19.0. The zero-order valence-corrected chi connectivity index (χ0v) is 13.5. The first-order valence-electron chi connectivity index (χ1n) is 7.61. The summed E-state index contributed by atoms with van der Waals surface area (Å²) in [5.41, 5.74) is 2.83. The maximum absolute atomic E-state index is 12.5. The molecule has 3 aromatic rings. The molecule has 1 saturated heterocycles. The summed E-state index contributed by atoms with van der Waals surface area (Å²) in [6.07, 6.45) is 0.461. The van der Waals surface area contributed by atoms with E-state index in [2.05, 4.69) is 10.6 Å². The molecule has 0 spiro atoms. The van der Waals surface area contributed by atoms with Crippen LogP contribution in [0, 0.1) is 0 Å². The lowest BCUT2D eigenvalue weighted by Crippen LogP contribution is -2.24. The summed E-state index contributed by atoms with van der Waals surface area (Å²) in [5, 5.41) is 0.603. The number of aromatic nitrogens is 2. The number of hydrogen-bond donors (Lipinski definition) is 0. The lowest BCUT2D eigenvalue weighted by atomic mass is 10.1. The predicted molar refractivity (Wildman–Crippen MR) is 91.9 cm³/mol. The van der Waals surface area contributed by atoms with Crippen LogP contribution in [-0.4, -0.2) is 22.0 Å². The van der Waals surface area contributed by atoms with Gasteiger partial charge in [-0.15, -0.1) is 0 Å². The van der Waals surface area contributed by atoms with Gasteiger partial charge in [-0.25, -0.2) is 4.98 Å². The molecule has 1 amide bonds. The van der Waals surface area contributed by atoms with E-state index < -0.39 is 0 Å². The van der Waals surface area contributed by atoms with Crippen LogP contribution >= 0.6 is 11.6 Å². The second kappa shape index (κ2) is 5.39. The fraction of sp³-hybridized carbons (Fsp3) is 0.222. The number of carbonyl (C=O) groups excluding carboxylic acids is 1. The molecule has 1 aromatic heterocycles. The van der Waals surface area contributed by atoms with Gasteiger partial charge in [0.2, 0.25) is 5.91 Å². The number of aryl methyl sites for hydroxylation is 1. The summed E-state index contributed by atoms with van der Waals surface area (Å²) in [6, 6.07) is 15.5. The molecule has 5 heteroatoms. The van der Waals surface area contributed by atoms with Gasteiger partial charge >= 0.3 is 0 Å². The van der Waals surface area contributed by atoms with Crippen LogP contribution in [0.25, 0.3) is 11.0 Å². The topological polar surface area (TPSA) is 38.1 Å². The number of anilines is 1. The fourth-order valence-corrected chi connectivity index (χ4v) is 3.55. The Labute approximate surface area is 139 Å². The summed E-state index contributed by atoms with van der Waals surface area (Å²) >= 11 is 6.24. The molecule has 1 fully saturated rings. The van der Waals surface area contributed by atoms with Crippen molar-refractivity contribution in [3.63, 3.8) is 0 Å². The van der Waals surface area contributed by atoms with Gasteiger partial charge in [0.05, 0.1) is 21.7 Å². The molecule has 0 aliphatic carbocycles. The quantitative estimate of drug-likeness (QED) is 0.719. The van der Waals surface area contributed by atoms with E-state index in [0.29, 0.717) is 18.0 Å². The molecule has 0 bridgehead atoms. The van der Waals surface area contributed by atoms with Crippen molar-refractivity contribution < 1.29 is 4.79 Å². The predicted octanol–water partition coefficient (Wildman–Crippen LogP) is 3.75. The molecule has 23 heavy (non-hydrogen) atoms. The van der Waals surface area contributed by atoms with E-state index in [1.807, 2.05) is 49.5 Å². The molecule has 0 saturated carbocycles. The summed E-state index contributed by atoms with van der Waals surface area (Å²) in [5.74, 6) is 1.13. The van der Waals surface area contributed by atoms with Crippen molar-refractivity contribution in [3.8, 4) is 0 Å². The molecular weight excluding hydrogens is 310 g/mol. The minimum absolute atomic E-state index is 0.0798. The van der Waals surface area contributed by atoms with Gasteiger partial charge in [-0.3, -0.25) is 4.79 Å². The summed E-state index contributed by atoms with van der Waals surface area (Å²) in [6.45, 7) is 0.611. The van der Waals surface area contributed by atoms with Crippen molar-refractivity contribution in [2.24, 2.45) is 7.05 Å². The van der Waals surface area contributed by atoms with Gasteiger partial charge in [-0.2, -0.15) is 0 Å². The van der Waals surface area contributed by atoms with Crippen molar-refractivity contribution in [3.05, 3.63) is 59.4 Å². The number of para-hydroxylation sites is 3. The number of hydrogen-bond acceptors (Lipinski definition) is 2. The van der Waals surface area contributed by atoms with E-state index in [1.54, 1.807) is 4.90 Å². The van der Waals surface area contributed by atoms with Crippen LogP contribution < -0.4 is 4.90 Å². The third-order valence-corrected chi connectivity index (χ3v) is 4.77. The number of imidazole rings is 1. The number of fused-ring (bicyclic) bond motifs is 1. The molecule has 4 rings (SSSR count). The Balaban J connectivity index is 1.70. The molecule has 0 radical (unpaired) electrons. The largest absolute Gasteiger partial charge is 0.331 e. The molecule has 116 valence electrons. The van der Waals surface area contributed by atoms with Crippen molar-refractivity contribution in [2.45, 2.75) is 12.3 Å². The van der Waals surface area contributed by atoms with Gasteiger partial charge in [-0.1, -0.05) is 35.9 Å². The Morgan fingerprint density at radius 1 is 1.13 bits per heavy atom. The maximum atomic E-state index is 12.5. The smallest absolute Gasteiger partial charge is 0.227 e. The lowest BCUT2D eigenvalue weighted by molar-refractivity contribution is -0.117. The number of benzene rings is 2. The molecular formula is C18H16ClN3O. The van der Waals surface area contributed by atoms with Gasteiger partial charge in [0.15, 0.2) is 0 Å². The zero-order valence-electron chi connectivity index (χ0n) is 12.7. The summed E-state index contributed by atoms with van der Waals surface area (Å²) < 4.78 is 2.09. The van der Waals surface area contributed by atoms with Crippen LogP contribution in [0.1, 0.15) is 18.2 Å². The zero-order chi connectivity index (χ0) is 16.0. The number of rotatable bonds is 2. The molecule has 2 heterocycles. The first kappa shape index (κ1) is 14.3. The maximum Gasteiger partial charge on any atom is 0.227 e. The molecule has 0 unspecified atom stereocenters. The van der Waals surface area contributed by atoms with Crippen LogP contribution in [0.2, 0.25) is 5.02 Å². The van der Waals surface area contributed by atoms with Gasteiger partial charge in [0.1, 0.15) is 5.82 Å². The van der Waals surface area contributed by atoms with E-state index in [9.17, 15) is 4.79 Å². The SMILES string of the molecule is Cn1c([C@H]2CC(=O)N(c3ccccc3Cl)C2)nc2ccccc21. The minimum Gasteiger partial charge on any atom is -0.331 e. The third kappa shape index (κ3) is 2.30. The normalized spacial score (nSPS) is 18.1. The van der Waals surface area contributed by atoms with Gasteiger partial charge < -0.3 is 9.47 Å². The van der Waals surface area contributed by atoms with Crippen LogP contribution in [0.4, 0.5) is 5.69 Å². The molecule has 0 N–H and O–H groups in total. The Bertz CT molecular complexity index is 902. The molecule has 1 aliphatic rings. The average Bonchev–Trinajstić information content (AvgIpc) is 3.09. The van der Waals surface area contributed by atoms with Crippen LogP contribution in [0.15, 0.2) is 48.5 Å². The second-order valence-electron chi connectivity index (χ2n) is 5.87. The fourth-order valence-electron chi connectivity index (χ4n) is 3.31. The highest BCUT2D eigenvalue weighted by molar-refractivity contribution is 6.33. The van der Waals surface area contributed by atoms with Gasteiger partial charge in [0.25, 0.3) is 0 Å². The lowest BCUT2D eigenvalue weighted by Gasteiger charge is -2.18. The first-order valence-corrected chi connectivity index (χ1v) is 7.99. The third-order valence-electron chi connectivity index (χ3n) is 4.46. The molecule has 1 aliphatic heterocycles. The average molecular weight is 326 g/mol. The van der Waals surface area contributed by atoms with Crippen molar-refractivity contribution in [1.82, 2.24) is 9.55 Å². The van der Waals surface area contributed by atoms with E-state index in [0.717, 1.165) is 22.5 Å². The van der Waals surface area contributed by atoms with Crippen molar-refractivity contribution in [2.75, 3.05) is 11.4 Å². The second-order valence-corrected chi connectivity index (χ2v) is 6.28. The summed E-state index contributed by atoms with van der Waals surface area (Å²) in [7, 11) is 2.01. The highest BCUT2D eigenvalue weighted by atomic mass is 35.5. The number of amides is 1.